The van der Waals surface area contributed by atoms with Crippen LogP contribution in [0.2, 0.25) is 0 Å². The highest BCUT2D eigenvalue weighted by Crippen LogP contribution is 1.94. The third kappa shape index (κ3) is 4.54. The maximum Gasteiger partial charge on any atom is 0.373 e. The Balaban J connectivity index is 0.000000583. The summed E-state index contributed by atoms with van der Waals surface area (Å²) in [4.78, 5) is 40.8. The fourth-order valence-electron chi connectivity index (χ4n) is 0.902. The predicted molar refractivity (Wildman–Crippen MR) is 48.1 cm³/mol. The summed E-state index contributed by atoms with van der Waals surface area (Å²) >= 11 is 0. The van der Waals surface area contributed by atoms with E-state index in [0.29, 0.717) is 5.69 Å². The van der Waals surface area contributed by atoms with Crippen molar-refractivity contribution in [2.75, 3.05) is 7.11 Å². The predicted octanol–water partition coefficient (Wildman–Crippen LogP) is -0.114. The Morgan fingerprint density at radius 2 is 1.93 bits per heavy atom. The number of nitrogens with one attached hydrogen (secondary N) is 1. The van der Waals surface area contributed by atoms with Gasteiger partial charge in [-0.05, 0) is 6.92 Å². The number of H-pyrrole nitrogens is 1. The van der Waals surface area contributed by atoms with Crippen molar-refractivity contribution in [1.82, 2.24) is 4.98 Å². The fourth-order valence-corrected chi connectivity index (χ4v) is 0.902. The van der Waals surface area contributed by atoms with Gasteiger partial charge < -0.3 is 9.72 Å². The van der Waals surface area contributed by atoms with E-state index >= 15 is 0 Å². The van der Waals surface area contributed by atoms with Crippen LogP contribution >= 0.6 is 0 Å². The van der Waals surface area contributed by atoms with Crippen molar-refractivity contribution >= 4 is 12.1 Å². The summed E-state index contributed by atoms with van der Waals surface area (Å²) < 4.78 is 4.44. The number of hydrogen-bond donors (Lipinski definition) is 1. The normalized spacial score (nSPS) is 8.13. The zero-order chi connectivity index (χ0) is 11.8. The van der Waals surface area contributed by atoms with Gasteiger partial charge in [0.25, 0.3) is 0 Å². The summed E-state index contributed by atoms with van der Waals surface area (Å²) in [7, 11) is 1.27. The van der Waals surface area contributed by atoms with E-state index < -0.39 is 5.97 Å². The number of carbonyl (C=O) groups excluding carboxylic acids is 3. The van der Waals surface area contributed by atoms with E-state index in [-0.39, 0.29) is 17.3 Å². The maximum atomic E-state index is 10.9. The van der Waals surface area contributed by atoms with Crippen LogP contribution in [-0.2, 0) is 14.3 Å². The van der Waals surface area contributed by atoms with Gasteiger partial charge in [-0.3, -0.25) is 4.79 Å². The van der Waals surface area contributed by atoms with Crippen molar-refractivity contribution in [2.24, 2.45) is 0 Å². The van der Waals surface area contributed by atoms with Crippen LogP contribution in [0.15, 0.2) is 16.9 Å². The minimum atomic E-state index is -0.532. The SMILES string of the molecule is COC(=O)c1cc(=O)cc(C)[nH]1.O=C=O. The molecule has 0 radical (unpaired) electrons. The smallest absolute Gasteiger partial charge is 0.373 e. The van der Waals surface area contributed by atoms with E-state index in [1.54, 1.807) is 6.92 Å². The maximum absolute atomic E-state index is 10.9. The van der Waals surface area contributed by atoms with Crippen molar-refractivity contribution in [3.05, 3.63) is 33.7 Å². The van der Waals surface area contributed by atoms with Crippen LogP contribution in [0.1, 0.15) is 16.2 Å². The molecule has 0 unspecified atom stereocenters. The first kappa shape index (κ1) is 12.8. The van der Waals surface area contributed by atoms with Gasteiger partial charge in [-0.25, -0.2) is 4.79 Å². The number of rotatable bonds is 1. The quantitative estimate of drug-likeness (QED) is 0.654. The van der Waals surface area contributed by atoms with E-state index in [2.05, 4.69) is 9.72 Å². The molecule has 0 aliphatic heterocycles. The number of carbonyl (C=O) groups is 1. The van der Waals surface area contributed by atoms with Crippen molar-refractivity contribution in [3.63, 3.8) is 0 Å². The second kappa shape index (κ2) is 6.28. The zero-order valence-electron chi connectivity index (χ0n) is 8.20. The van der Waals surface area contributed by atoms with Gasteiger partial charge in [0.05, 0.1) is 7.11 Å². The second-order valence-electron chi connectivity index (χ2n) is 2.49. The number of hydrogen-bond acceptors (Lipinski definition) is 5. The molecule has 1 N–H and O–H groups in total. The Kier molecular flexibility index (Phi) is 5.36. The first-order chi connectivity index (χ1) is 7.04. The summed E-state index contributed by atoms with van der Waals surface area (Å²) in [6.07, 6.45) is 0.250. The van der Waals surface area contributed by atoms with Crippen LogP contribution < -0.4 is 5.43 Å². The molecule has 0 aliphatic carbocycles. The molecule has 0 spiro atoms. The highest BCUT2D eigenvalue weighted by atomic mass is 16.5. The second-order valence-corrected chi connectivity index (χ2v) is 2.49. The monoisotopic (exact) mass is 211 g/mol. The molecule has 1 rings (SSSR count). The molecule has 15 heavy (non-hydrogen) atoms. The Hall–Kier alpha value is -2.20. The van der Waals surface area contributed by atoms with Gasteiger partial charge in [-0.1, -0.05) is 0 Å². The lowest BCUT2D eigenvalue weighted by atomic mass is 10.3. The van der Waals surface area contributed by atoms with Crippen molar-refractivity contribution in [1.29, 1.82) is 0 Å². The fraction of sp³-hybridized carbons (Fsp3) is 0.222. The van der Waals surface area contributed by atoms with Gasteiger partial charge in [0.1, 0.15) is 5.69 Å². The van der Waals surface area contributed by atoms with E-state index in [0.717, 1.165) is 0 Å². The first-order valence-corrected chi connectivity index (χ1v) is 3.83. The number of esters is 1. The molecule has 0 atom stereocenters. The topological polar surface area (TPSA) is 93.3 Å². The lowest BCUT2D eigenvalue weighted by Gasteiger charge is -1.99. The van der Waals surface area contributed by atoms with E-state index in [9.17, 15) is 9.59 Å². The van der Waals surface area contributed by atoms with Gasteiger partial charge >= 0.3 is 12.1 Å². The molecular weight excluding hydrogens is 202 g/mol. The van der Waals surface area contributed by atoms with Crippen LogP contribution in [0.3, 0.4) is 0 Å². The average Bonchev–Trinajstić information content (AvgIpc) is 2.16. The molecule has 0 fully saturated rings. The number of aromatic nitrogens is 1. The molecule has 0 aliphatic rings. The summed E-state index contributed by atoms with van der Waals surface area (Å²) in [6.45, 7) is 1.70. The minimum Gasteiger partial charge on any atom is -0.464 e. The standard InChI is InChI=1S/C8H9NO3.CO2/c1-5-3-6(10)4-7(9-5)8(11)12-2;2-1-3/h3-4H,1-2H3,(H,9,10);. The Bertz CT molecular complexity index is 428. The van der Waals surface area contributed by atoms with E-state index in [1.807, 2.05) is 0 Å². The Morgan fingerprint density at radius 1 is 1.40 bits per heavy atom. The number of aromatic amines is 1. The molecule has 0 amide bonds. The Labute approximate surface area is 84.9 Å². The number of methoxy groups -OCH3 is 1. The lowest BCUT2D eigenvalue weighted by Crippen LogP contribution is -2.10. The molecule has 1 aromatic heterocycles. The summed E-state index contributed by atoms with van der Waals surface area (Å²) in [5, 5.41) is 0. The van der Waals surface area contributed by atoms with Crippen LogP contribution in [0.25, 0.3) is 0 Å². The van der Waals surface area contributed by atoms with Crippen LogP contribution in [-0.4, -0.2) is 24.2 Å². The van der Waals surface area contributed by atoms with Gasteiger partial charge in [-0.2, -0.15) is 9.59 Å². The molecule has 1 heterocycles. The van der Waals surface area contributed by atoms with Crippen LogP contribution in [0.4, 0.5) is 0 Å². The largest absolute Gasteiger partial charge is 0.464 e. The highest BCUT2D eigenvalue weighted by molar-refractivity contribution is 5.86. The van der Waals surface area contributed by atoms with Gasteiger partial charge in [0.15, 0.2) is 5.43 Å². The molecule has 0 bridgehead atoms. The van der Waals surface area contributed by atoms with Crippen LogP contribution in [0, 0.1) is 6.92 Å². The van der Waals surface area contributed by atoms with Gasteiger partial charge in [-0.15, -0.1) is 0 Å². The number of aryl methyl sites for hydroxylation is 1. The average molecular weight is 211 g/mol. The first-order valence-electron chi connectivity index (χ1n) is 3.83. The van der Waals surface area contributed by atoms with Gasteiger partial charge in [0, 0.05) is 17.8 Å². The molecule has 6 heteroatoms. The minimum absolute atomic E-state index is 0.183. The molecule has 80 valence electrons. The lowest BCUT2D eigenvalue weighted by molar-refractivity contribution is -0.191. The van der Waals surface area contributed by atoms with Crippen molar-refractivity contribution in [3.8, 4) is 0 Å². The van der Waals surface area contributed by atoms with Crippen molar-refractivity contribution < 1.29 is 19.1 Å². The van der Waals surface area contributed by atoms with Crippen molar-refractivity contribution in [2.45, 2.75) is 6.92 Å². The summed E-state index contributed by atoms with van der Waals surface area (Å²) in [6, 6.07) is 2.62. The molecular formula is C9H9NO5. The third-order valence-corrected chi connectivity index (χ3v) is 1.38. The number of ether oxygens (including phenoxy) is 1. The molecule has 0 saturated heterocycles. The zero-order valence-corrected chi connectivity index (χ0v) is 8.20. The Morgan fingerprint density at radius 3 is 2.33 bits per heavy atom. The van der Waals surface area contributed by atoms with Crippen LogP contribution in [0.5, 0.6) is 0 Å². The molecule has 6 nitrogen and oxygen atoms in total. The van der Waals surface area contributed by atoms with Gasteiger partial charge in [0.2, 0.25) is 0 Å². The summed E-state index contributed by atoms with van der Waals surface area (Å²) in [5.74, 6) is -0.532. The summed E-state index contributed by atoms with van der Waals surface area (Å²) in [5.41, 5.74) is 0.622. The van der Waals surface area contributed by atoms with E-state index in [1.165, 1.54) is 19.2 Å². The van der Waals surface area contributed by atoms with E-state index in [4.69, 9.17) is 9.59 Å². The highest BCUT2D eigenvalue weighted by Gasteiger charge is 2.05. The molecule has 0 saturated carbocycles. The molecule has 0 aromatic carbocycles. The molecule has 1 aromatic rings. The number of pyridine rings is 1. The third-order valence-electron chi connectivity index (χ3n) is 1.38.